The minimum atomic E-state index is 0.0862. The molecule has 5 heteroatoms. The number of nitrogens with one attached hydrogen (secondary N) is 1. The molecule has 4 atom stereocenters. The summed E-state index contributed by atoms with van der Waals surface area (Å²) in [6.45, 7) is 7.65. The molecular weight excluding hydrogens is 314 g/mol. The van der Waals surface area contributed by atoms with Crippen LogP contribution in [-0.4, -0.2) is 42.1 Å². The van der Waals surface area contributed by atoms with Gasteiger partial charge in [0.2, 0.25) is 5.91 Å². The molecular formula is C20H31N3O2. The monoisotopic (exact) mass is 345 g/mol. The lowest BCUT2D eigenvalue weighted by molar-refractivity contribution is -0.125. The topological polar surface area (TPSA) is 67.6 Å². The van der Waals surface area contributed by atoms with Gasteiger partial charge in [0.15, 0.2) is 0 Å². The second-order valence-electron chi connectivity index (χ2n) is 7.71. The molecule has 0 aromatic heterocycles. The van der Waals surface area contributed by atoms with E-state index in [1.54, 1.807) is 0 Å². The van der Waals surface area contributed by atoms with Gasteiger partial charge in [0.05, 0.1) is 12.2 Å². The highest BCUT2D eigenvalue weighted by Crippen LogP contribution is 2.24. The predicted octanol–water partition coefficient (Wildman–Crippen LogP) is 2.04. The molecule has 0 unspecified atom stereocenters. The second-order valence-corrected chi connectivity index (χ2v) is 7.71. The fraction of sp³-hybridized carbons (Fsp3) is 0.650. The maximum absolute atomic E-state index is 12.4. The molecule has 0 spiro atoms. The van der Waals surface area contributed by atoms with E-state index >= 15 is 0 Å². The lowest BCUT2D eigenvalue weighted by Crippen LogP contribution is -2.45. The van der Waals surface area contributed by atoms with E-state index in [0.717, 1.165) is 38.9 Å². The van der Waals surface area contributed by atoms with Crippen LogP contribution in [-0.2, 0) is 22.6 Å². The van der Waals surface area contributed by atoms with E-state index in [-0.39, 0.29) is 30.1 Å². The molecule has 1 aliphatic heterocycles. The summed E-state index contributed by atoms with van der Waals surface area (Å²) in [5, 5.41) is 3.12. The van der Waals surface area contributed by atoms with Crippen LogP contribution in [0.15, 0.2) is 24.3 Å². The Morgan fingerprint density at radius 3 is 2.52 bits per heavy atom. The number of nitrogens with zero attached hydrogens (tertiary/aromatic N) is 1. The molecule has 5 nitrogen and oxygen atoms in total. The second kappa shape index (κ2) is 8.30. The van der Waals surface area contributed by atoms with E-state index < -0.39 is 0 Å². The Labute approximate surface area is 150 Å². The minimum Gasteiger partial charge on any atom is -0.373 e. The van der Waals surface area contributed by atoms with Gasteiger partial charge in [-0.3, -0.25) is 9.69 Å². The van der Waals surface area contributed by atoms with E-state index in [4.69, 9.17) is 10.5 Å². The Kier molecular flexibility index (Phi) is 6.10. The number of morpholine rings is 1. The quantitative estimate of drug-likeness (QED) is 0.857. The Morgan fingerprint density at radius 1 is 1.20 bits per heavy atom. The smallest absolute Gasteiger partial charge is 0.223 e. The van der Waals surface area contributed by atoms with Gasteiger partial charge in [-0.1, -0.05) is 24.3 Å². The van der Waals surface area contributed by atoms with Crippen LogP contribution in [0.4, 0.5) is 0 Å². The van der Waals surface area contributed by atoms with Gasteiger partial charge in [-0.05, 0) is 44.2 Å². The van der Waals surface area contributed by atoms with Crippen LogP contribution < -0.4 is 11.1 Å². The number of amides is 1. The predicted molar refractivity (Wildman–Crippen MR) is 98.9 cm³/mol. The van der Waals surface area contributed by atoms with Gasteiger partial charge in [0.1, 0.15) is 0 Å². The largest absolute Gasteiger partial charge is 0.373 e. The first-order chi connectivity index (χ1) is 12.0. The molecule has 2 fully saturated rings. The van der Waals surface area contributed by atoms with Crippen LogP contribution in [0.2, 0.25) is 0 Å². The van der Waals surface area contributed by atoms with Crippen LogP contribution in [0.5, 0.6) is 0 Å². The van der Waals surface area contributed by atoms with Gasteiger partial charge in [0.25, 0.3) is 0 Å². The third kappa shape index (κ3) is 5.03. The zero-order valence-corrected chi connectivity index (χ0v) is 15.4. The molecule has 1 aromatic rings. The van der Waals surface area contributed by atoms with Crippen molar-refractivity contribution < 1.29 is 9.53 Å². The van der Waals surface area contributed by atoms with E-state index in [1.807, 2.05) is 6.07 Å². The number of hydrogen-bond acceptors (Lipinski definition) is 4. The van der Waals surface area contributed by atoms with E-state index in [0.29, 0.717) is 6.54 Å². The molecule has 3 N–H and O–H groups in total. The number of hydrogen-bond donors (Lipinski definition) is 2. The fourth-order valence-corrected chi connectivity index (χ4v) is 4.12. The summed E-state index contributed by atoms with van der Waals surface area (Å²) in [5.41, 5.74) is 8.41. The standard InChI is InChI=1S/C20H31N3O2/c1-14-11-23(12-15(2)25-14)13-18-6-4-3-5-17(18)10-22-20(24)16-7-8-19(21)9-16/h3-6,14-16,19H,7-13,21H2,1-2H3,(H,22,24)/t14-,15-,16-,19+/m1/s1. The first kappa shape index (κ1) is 18.4. The fourth-order valence-electron chi connectivity index (χ4n) is 4.12. The Balaban J connectivity index is 1.58. The van der Waals surface area contributed by atoms with Crippen molar-refractivity contribution >= 4 is 5.91 Å². The van der Waals surface area contributed by atoms with Crippen molar-refractivity contribution in [3.8, 4) is 0 Å². The Morgan fingerprint density at radius 2 is 1.88 bits per heavy atom. The summed E-state index contributed by atoms with van der Waals surface area (Å²) in [7, 11) is 0. The highest BCUT2D eigenvalue weighted by atomic mass is 16.5. The molecule has 1 aromatic carbocycles. The van der Waals surface area contributed by atoms with Crippen molar-refractivity contribution in [1.82, 2.24) is 10.2 Å². The van der Waals surface area contributed by atoms with Crippen LogP contribution in [0.3, 0.4) is 0 Å². The van der Waals surface area contributed by atoms with Crippen LogP contribution in [0.25, 0.3) is 0 Å². The highest BCUT2D eigenvalue weighted by molar-refractivity contribution is 5.79. The highest BCUT2D eigenvalue weighted by Gasteiger charge is 2.27. The van der Waals surface area contributed by atoms with Crippen LogP contribution in [0.1, 0.15) is 44.2 Å². The summed E-state index contributed by atoms with van der Waals surface area (Å²) < 4.78 is 5.82. The van der Waals surface area contributed by atoms with Crippen molar-refractivity contribution in [2.45, 2.75) is 64.4 Å². The summed E-state index contributed by atoms with van der Waals surface area (Å²) in [6.07, 6.45) is 3.22. The van der Waals surface area contributed by atoms with Crippen molar-refractivity contribution in [3.05, 3.63) is 35.4 Å². The zero-order valence-electron chi connectivity index (χ0n) is 15.4. The maximum atomic E-state index is 12.4. The minimum absolute atomic E-state index is 0.0862. The van der Waals surface area contributed by atoms with Gasteiger partial charge < -0.3 is 15.8 Å². The lowest BCUT2D eigenvalue weighted by Gasteiger charge is -2.35. The van der Waals surface area contributed by atoms with Crippen LogP contribution in [0, 0.1) is 5.92 Å². The average Bonchev–Trinajstić information content (AvgIpc) is 2.99. The molecule has 25 heavy (non-hydrogen) atoms. The number of nitrogens with two attached hydrogens (primary N) is 1. The third-order valence-electron chi connectivity index (χ3n) is 5.30. The maximum Gasteiger partial charge on any atom is 0.223 e. The molecule has 1 saturated carbocycles. The molecule has 0 bridgehead atoms. The van der Waals surface area contributed by atoms with Gasteiger partial charge in [-0.15, -0.1) is 0 Å². The van der Waals surface area contributed by atoms with Gasteiger partial charge in [0, 0.05) is 38.1 Å². The summed E-state index contributed by atoms with van der Waals surface area (Å²) in [5.74, 6) is 0.236. The number of carbonyl (C=O) groups excluding carboxylic acids is 1. The Hall–Kier alpha value is -1.43. The summed E-state index contributed by atoms with van der Waals surface area (Å²) in [6, 6.07) is 8.58. The SMILES string of the molecule is C[C@@H]1CN(Cc2ccccc2CNC(=O)[C@@H]2CC[C@H](N)C2)C[C@@H](C)O1. The normalized spacial score (nSPS) is 30.4. The molecule has 1 saturated heterocycles. The molecule has 1 amide bonds. The molecule has 1 heterocycles. The van der Waals surface area contributed by atoms with Gasteiger partial charge in [-0.2, -0.15) is 0 Å². The van der Waals surface area contributed by atoms with Gasteiger partial charge in [-0.25, -0.2) is 0 Å². The lowest BCUT2D eigenvalue weighted by atomic mass is 10.0. The number of rotatable bonds is 5. The molecule has 0 radical (unpaired) electrons. The molecule has 1 aliphatic carbocycles. The average molecular weight is 345 g/mol. The summed E-state index contributed by atoms with van der Waals surface area (Å²) >= 11 is 0. The molecule has 138 valence electrons. The molecule has 3 rings (SSSR count). The van der Waals surface area contributed by atoms with Gasteiger partial charge >= 0.3 is 0 Å². The third-order valence-corrected chi connectivity index (χ3v) is 5.30. The zero-order chi connectivity index (χ0) is 17.8. The van der Waals surface area contributed by atoms with Crippen molar-refractivity contribution in [1.29, 1.82) is 0 Å². The Bertz CT molecular complexity index is 582. The van der Waals surface area contributed by atoms with Crippen LogP contribution >= 0.6 is 0 Å². The summed E-state index contributed by atoms with van der Waals surface area (Å²) in [4.78, 5) is 14.8. The van der Waals surface area contributed by atoms with Crippen molar-refractivity contribution in [2.24, 2.45) is 11.7 Å². The first-order valence-electron chi connectivity index (χ1n) is 9.49. The van der Waals surface area contributed by atoms with Crippen molar-refractivity contribution in [3.63, 3.8) is 0 Å². The van der Waals surface area contributed by atoms with E-state index in [2.05, 4.69) is 42.3 Å². The number of benzene rings is 1. The van der Waals surface area contributed by atoms with E-state index in [9.17, 15) is 4.79 Å². The molecule has 2 aliphatic rings. The van der Waals surface area contributed by atoms with E-state index in [1.165, 1.54) is 11.1 Å². The number of carbonyl (C=O) groups is 1. The number of ether oxygens (including phenoxy) is 1. The van der Waals surface area contributed by atoms with Crippen molar-refractivity contribution in [2.75, 3.05) is 13.1 Å². The first-order valence-corrected chi connectivity index (χ1v) is 9.49.